The highest BCUT2D eigenvalue weighted by atomic mass is 32.2. The molecule has 0 bridgehead atoms. The lowest BCUT2D eigenvalue weighted by molar-refractivity contribution is 0.0983. The maximum atomic E-state index is 13.7. The first-order valence-electron chi connectivity index (χ1n) is 12.2. The smallest absolute Gasteiger partial charge is 0.260 e. The second-order valence-electron chi connectivity index (χ2n) is 8.50. The molecule has 0 aliphatic rings. The van der Waals surface area contributed by atoms with E-state index in [1.54, 1.807) is 23.3 Å². The summed E-state index contributed by atoms with van der Waals surface area (Å²) in [6, 6.07) is 15.5. The predicted molar refractivity (Wildman–Crippen MR) is 147 cm³/mol. The van der Waals surface area contributed by atoms with Gasteiger partial charge in [-0.2, -0.15) is 4.31 Å². The van der Waals surface area contributed by atoms with E-state index in [0.29, 0.717) is 16.5 Å². The third kappa shape index (κ3) is 6.13. The van der Waals surface area contributed by atoms with Gasteiger partial charge in [0, 0.05) is 32.9 Å². The Kier molecular flexibility index (Phi) is 9.29. The lowest BCUT2D eigenvalue weighted by Crippen LogP contribution is -2.36. The summed E-state index contributed by atoms with van der Waals surface area (Å²) < 4.78 is 44.5. The average Bonchev–Trinajstić information content (AvgIpc) is 3.61. The van der Waals surface area contributed by atoms with Gasteiger partial charge in [0.2, 0.25) is 10.0 Å². The summed E-state index contributed by atoms with van der Waals surface area (Å²) in [5, 5.41) is 0.546. The fraction of sp³-hybridized carbons (Fsp3) is 0.333. The van der Waals surface area contributed by atoms with Crippen LogP contribution in [0.15, 0.2) is 70.2 Å². The molecule has 2 aromatic carbocycles. The number of anilines is 1. The first-order chi connectivity index (χ1) is 18.4. The molecule has 0 radical (unpaired) electrons. The summed E-state index contributed by atoms with van der Waals surface area (Å²) >= 11 is 1.43. The number of amides is 1. The van der Waals surface area contributed by atoms with E-state index >= 15 is 0 Å². The minimum Gasteiger partial charge on any atom is -0.467 e. The number of aryl methyl sites for hydroxylation is 1. The molecule has 0 saturated heterocycles. The number of fused-ring (bicyclic) bond motifs is 1. The molecular formula is C27H31N3O6S2. The maximum absolute atomic E-state index is 13.7. The number of ether oxygens (including phenoxy) is 2. The molecule has 2 heterocycles. The number of furan rings is 1. The first-order valence-corrected chi connectivity index (χ1v) is 14.5. The Balaban J connectivity index is 1.65. The number of para-hydroxylation sites is 1. The quantitative estimate of drug-likeness (QED) is 0.237. The summed E-state index contributed by atoms with van der Waals surface area (Å²) in [7, 11) is -0.767. The van der Waals surface area contributed by atoms with Gasteiger partial charge in [0.05, 0.1) is 41.1 Å². The molecule has 0 spiro atoms. The van der Waals surface area contributed by atoms with Crippen LogP contribution in [0.1, 0.15) is 28.6 Å². The second kappa shape index (κ2) is 12.6. The fourth-order valence-corrected chi connectivity index (χ4v) is 6.41. The molecule has 4 aromatic rings. The third-order valence-corrected chi connectivity index (χ3v) is 9.03. The first kappa shape index (κ1) is 27.9. The van der Waals surface area contributed by atoms with Crippen molar-refractivity contribution >= 4 is 42.6 Å². The van der Waals surface area contributed by atoms with Crippen LogP contribution in [0, 0.1) is 0 Å². The molecular weight excluding hydrogens is 526 g/mol. The van der Waals surface area contributed by atoms with Crippen molar-refractivity contribution in [3.8, 4) is 0 Å². The van der Waals surface area contributed by atoms with Crippen molar-refractivity contribution in [1.29, 1.82) is 0 Å². The number of sulfonamides is 1. The third-order valence-electron chi connectivity index (χ3n) is 6.07. The van der Waals surface area contributed by atoms with Crippen molar-refractivity contribution in [3.05, 3.63) is 77.7 Å². The lowest BCUT2D eigenvalue weighted by atomic mass is 10.1. The highest BCUT2D eigenvalue weighted by Crippen LogP contribution is 2.33. The minimum absolute atomic E-state index is 0.0893. The van der Waals surface area contributed by atoms with Gasteiger partial charge in [0.1, 0.15) is 5.76 Å². The van der Waals surface area contributed by atoms with Gasteiger partial charge in [-0.15, -0.1) is 0 Å². The van der Waals surface area contributed by atoms with Crippen molar-refractivity contribution in [3.63, 3.8) is 0 Å². The number of hydrogen-bond donors (Lipinski definition) is 0. The Morgan fingerprint density at radius 2 is 1.71 bits per heavy atom. The zero-order valence-electron chi connectivity index (χ0n) is 21.6. The number of methoxy groups -OCH3 is 2. The highest BCUT2D eigenvalue weighted by Gasteiger charge is 2.26. The lowest BCUT2D eigenvalue weighted by Gasteiger charge is -2.22. The van der Waals surface area contributed by atoms with E-state index in [1.165, 1.54) is 54.1 Å². The highest BCUT2D eigenvalue weighted by molar-refractivity contribution is 7.89. The molecule has 11 heteroatoms. The topological polar surface area (TPSA) is 102 Å². The van der Waals surface area contributed by atoms with E-state index < -0.39 is 10.0 Å². The maximum Gasteiger partial charge on any atom is 0.260 e. The molecule has 0 saturated carbocycles. The molecule has 2 aromatic heterocycles. The van der Waals surface area contributed by atoms with Crippen molar-refractivity contribution in [2.75, 3.05) is 45.4 Å². The van der Waals surface area contributed by atoms with Gasteiger partial charge in [-0.25, -0.2) is 13.4 Å². The van der Waals surface area contributed by atoms with E-state index in [0.717, 1.165) is 22.2 Å². The van der Waals surface area contributed by atoms with Crippen molar-refractivity contribution in [2.45, 2.75) is 24.8 Å². The van der Waals surface area contributed by atoms with Gasteiger partial charge in [-0.3, -0.25) is 9.69 Å². The van der Waals surface area contributed by atoms with E-state index in [4.69, 9.17) is 18.9 Å². The van der Waals surface area contributed by atoms with Gasteiger partial charge < -0.3 is 13.9 Å². The van der Waals surface area contributed by atoms with Gasteiger partial charge in [0.25, 0.3) is 5.91 Å². The van der Waals surface area contributed by atoms with Crippen LogP contribution < -0.4 is 4.90 Å². The zero-order valence-corrected chi connectivity index (χ0v) is 23.3. The monoisotopic (exact) mass is 557 g/mol. The minimum atomic E-state index is -3.80. The van der Waals surface area contributed by atoms with Gasteiger partial charge in [-0.05, 0) is 54.4 Å². The van der Waals surface area contributed by atoms with Crippen LogP contribution in [-0.2, 0) is 32.5 Å². The standard InChI is InChI=1S/C27H31N3O6S2/c1-4-20-7-5-9-24-25(20)28-27(37-24)30(19-22-8-6-16-36-22)26(31)21-10-12-23(13-11-21)38(32,33)29(14-17-34-2)15-18-35-3/h5-13,16H,4,14-15,17-19H2,1-3H3. The number of benzene rings is 2. The van der Waals surface area contributed by atoms with Crippen LogP contribution in [0.3, 0.4) is 0 Å². The Hall–Kier alpha value is -3.09. The Bertz CT molecular complexity index is 1440. The van der Waals surface area contributed by atoms with Crippen LogP contribution >= 0.6 is 11.3 Å². The Morgan fingerprint density at radius 1 is 1.00 bits per heavy atom. The number of carbonyl (C=O) groups is 1. The fourth-order valence-electron chi connectivity index (χ4n) is 3.99. The van der Waals surface area contributed by atoms with Crippen LogP contribution in [-0.4, -0.2) is 64.1 Å². The molecule has 0 unspecified atom stereocenters. The normalized spacial score (nSPS) is 11.9. The van der Waals surface area contributed by atoms with E-state index in [1.807, 2.05) is 18.2 Å². The number of aromatic nitrogens is 1. The summed E-state index contributed by atoms with van der Waals surface area (Å²) in [6.07, 6.45) is 2.39. The number of hydrogen-bond acceptors (Lipinski definition) is 8. The average molecular weight is 558 g/mol. The summed E-state index contributed by atoms with van der Waals surface area (Å²) in [5.74, 6) is 0.303. The second-order valence-corrected chi connectivity index (χ2v) is 11.4. The Labute approximate surface area is 226 Å². The molecule has 0 N–H and O–H groups in total. The SMILES string of the molecule is CCc1cccc2sc(N(Cc3ccco3)C(=O)c3ccc(S(=O)(=O)N(CCOC)CCOC)cc3)nc12. The number of nitrogens with zero attached hydrogens (tertiary/aromatic N) is 3. The Morgan fingerprint density at radius 3 is 2.32 bits per heavy atom. The summed E-state index contributed by atoms with van der Waals surface area (Å²) in [4.78, 5) is 20.2. The zero-order chi connectivity index (χ0) is 27.1. The van der Waals surface area contributed by atoms with Gasteiger partial charge >= 0.3 is 0 Å². The van der Waals surface area contributed by atoms with Crippen LogP contribution in [0.5, 0.6) is 0 Å². The van der Waals surface area contributed by atoms with Crippen molar-refractivity contribution < 1.29 is 27.1 Å². The molecule has 0 fully saturated rings. The number of rotatable bonds is 13. The van der Waals surface area contributed by atoms with E-state index in [9.17, 15) is 13.2 Å². The van der Waals surface area contributed by atoms with Crippen molar-refractivity contribution in [1.82, 2.24) is 9.29 Å². The molecule has 9 nitrogen and oxygen atoms in total. The molecule has 1 amide bonds. The van der Waals surface area contributed by atoms with Gasteiger partial charge in [-0.1, -0.05) is 30.4 Å². The largest absolute Gasteiger partial charge is 0.467 e. The van der Waals surface area contributed by atoms with Crippen LogP contribution in [0.2, 0.25) is 0 Å². The predicted octanol–water partition coefficient (Wildman–Crippen LogP) is 4.58. The molecule has 4 rings (SSSR count). The van der Waals surface area contributed by atoms with Crippen LogP contribution in [0.25, 0.3) is 10.2 Å². The molecule has 38 heavy (non-hydrogen) atoms. The summed E-state index contributed by atoms with van der Waals surface area (Å²) in [6.45, 7) is 3.15. The molecule has 0 atom stereocenters. The number of thiazole rings is 1. The molecule has 202 valence electrons. The summed E-state index contributed by atoms with van der Waals surface area (Å²) in [5.41, 5.74) is 2.32. The van der Waals surface area contributed by atoms with E-state index in [-0.39, 0.29) is 43.7 Å². The number of carbonyl (C=O) groups excluding carboxylic acids is 1. The van der Waals surface area contributed by atoms with Gasteiger partial charge in [0.15, 0.2) is 5.13 Å². The van der Waals surface area contributed by atoms with Crippen molar-refractivity contribution in [2.24, 2.45) is 0 Å². The molecule has 0 aliphatic heterocycles. The molecule has 0 aliphatic carbocycles. The van der Waals surface area contributed by atoms with E-state index in [2.05, 4.69) is 6.92 Å². The van der Waals surface area contributed by atoms with Crippen LogP contribution in [0.4, 0.5) is 5.13 Å².